The minimum atomic E-state index is -4.61. The van der Waals surface area contributed by atoms with Gasteiger partial charge in [0, 0.05) is 5.56 Å². The van der Waals surface area contributed by atoms with Gasteiger partial charge in [-0.05, 0) is 43.4 Å². The largest absolute Gasteiger partial charge is 0.492 e. The molecule has 0 aliphatic heterocycles. The maximum atomic E-state index is 13.2. The van der Waals surface area contributed by atoms with Crippen molar-refractivity contribution in [2.75, 3.05) is 6.61 Å². The fourth-order valence-electron chi connectivity index (χ4n) is 2.53. The first-order valence-corrected chi connectivity index (χ1v) is 8.59. The smallest absolute Gasteiger partial charge is 0.461 e. The molecule has 0 aliphatic carbocycles. The number of alkyl halides is 4. The number of halogens is 4. The second-order valence-corrected chi connectivity index (χ2v) is 5.97. The van der Waals surface area contributed by atoms with Crippen molar-refractivity contribution in [1.29, 1.82) is 0 Å². The molecular weight excluding hydrogens is 398 g/mol. The summed E-state index contributed by atoms with van der Waals surface area (Å²) in [5.74, 6) is 0.393. The zero-order valence-corrected chi connectivity index (χ0v) is 15.4. The molecule has 3 rings (SSSR count). The number of nitrogens with zero attached hydrogens (tertiary/aromatic N) is 2. The predicted octanol–water partition coefficient (Wildman–Crippen LogP) is 5.23. The molecule has 0 aliphatic rings. The monoisotopic (exact) mass is 413 g/mol. The Kier molecular flexibility index (Phi) is 5.68. The van der Waals surface area contributed by atoms with Gasteiger partial charge in [0.15, 0.2) is 10.6 Å². The lowest BCUT2D eigenvalue weighted by Gasteiger charge is -2.17. The van der Waals surface area contributed by atoms with Crippen molar-refractivity contribution in [2.45, 2.75) is 19.5 Å². The van der Waals surface area contributed by atoms with Crippen molar-refractivity contribution in [2.24, 2.45) is 0 Å². The summed E-state index contributed by atoms with van der Waals surface area (Å²) in [5.41, 5.74) is 0.920. The number of aromatic amines is 1. The van der Waals surface area contributed by atoms with Crippen LogP contribution in [0.2, 0.25) is 0 Å². The summed E-state index contributed by atoms with van der Waals surface area (Å²) >= 11 is 5.29. The first-order valence-electron chi connectivity index (χ1n) is 8.18. The van der Waals surface area contributed by atoms with Gasteiger partial charge in [0.2, 0.25) is 0 Å². The molecule has 0 unspecified atom stereocenters. The molecule has 1 N–H and O–H groups in total. The van der Waals surface area contributed by atoms with E-state index in [4.69, 9.17) is 17.0 Å². The molecule has 28 heavy (non-hydrogen) atoms. The molecule has 1 aromatic heterocycles. The van der Waals surface area contributed by atoms with Crippen LogP contribution in [0.15, 0.2) is 48.5 Å². The van der Waals surface area contributed by atoms with Gasteiger partial charge in [-0.3, -0.25) is 9.67 Å². The van der Waals surface area contributed by atoms with Crippen LogP contribution in [0, 0.1) is 4.77 Å². The normalized spacial score (nSPS) is 11.6. The Morgan fingerprint density at radius 3 is 2.64 bits per heavy atom. The Hall–Kier alpha value is -2.88. The molecule has 0 radical (unpaired) electrons. The molecule has 0 atom stereocenters. The van der Waals surface area contributed by atoms with Gasteiger partial charge in [-0.25, -0.2) is 0 Å². The van der Waals surface area contributed by atoms with E-state index < -0.39 is 18.3 Å². The molecule has 10 heteroatoms. The third-order valence-corrected chi connectivity index (χ3v) is 3.95. The Morgan fingerprint density at radius 1 is 1.18 bits per heavy atom. The second-order valence-electron chi connectivity index (χ2n) is 5.58. The van der Waals surface area contributed by atoms with Crippen LogP contribution in [0.1, 0.15) is 6.92 Å². The molecule has 5 nitrogen and oxygen atoms in total. The molecule has 0 bridgehead atoms. The van der Waals surface area contributed by atoms with Crippen LogP contribution in [0.4, 0.5) is 17.6 Å². The topological polar surface area (TPSA) is 52.1 Å². The number of nitrogens with one attached hydrogen (secondary N) is 1. The highest BCUT2D eigenvalue weighted by Crippen LogP contribution is 2.32. The summed E-state index contributed by atoms with van der Waals surface area (Å²) in [7, 11) is 0. The predicted molar refractivity (Wildman–Crippen MR) is 96.9 cm³/mol. The molecule has 2 aromatic carbocycles. The number of aromatic nitrogens is 3. The van der Waals surface area contributed by atoms with E-state index in [9.17, 15) is 17.6 Å². The van der Waals surface area contributed by atoms with Crippen molar-refractivity contribution in [3.8, 4) is 28.6 Å². The molecule has 148 valence electrons. The van der Waals surface area contributed by atoms with Crippen LogP contribution in [0.25, 0.3) is 17.1 Å². The van der Waals surface area contributed by atoms with E-state index in [1.54, 1.807) is 34.9 Å². The number of ether oxygens (including phenoxy) is 2. The molecule has 1 heterocycles. The third kappa shape index (κ3) is 4.01. The lowest BCUT2D eigenvalue weighted by atomic mass is 10.2. The quantitative estimate of drug-likeness (QED) is 0.426. The van der Waals surface area contributed by atoms with Crippen LogP contribution in [0.5, 0.6) is 11.5 Å². The second kappa shape index (κ2) is 8.01. The number of para-hydroxylation sites is 2. The average Bonchev–Trinajstić information content (AvgIpc) is 3.03. The first-order chi connectivity index (χ1) is 13.3. The Labute approximate surface area is 162 Å². The lowest BCUT2D eigenvalue weighted by Crippen LogP contribution is -2.33. The number of benzene rings is 2. The molecule has 0 saturated carbocycles. The summed E-state index contributed by atoms with van der Waals surface area (Å²) in [6.07, 6.45) is -8.56. The van der Waals surface area contributed by atoms with E-state index in [0.29, 0.717) is 23.6 Å². The summed E-state index contributed by atoms with van der Waals surface area (Å²) in [6, 6.07) is 12.4. The maximum Gasteiger partial charge on any atom is 0.461 e. The van der Waals surface area contributed by atoms with E-state index >= 15 is 0 Å². The Balaban J connectivity index is 2.06. The SMILES string of the molecule is CCOc1ccccc1-n1c(-c2cccc(OC(F)(F)C(F)F)c2)n[nH]c1=S. The fraction of sp³-hybridized carbons (Fsp3) is 0.222. The van der Waals surface area contributed by atoms with Crippen molar-refractivity contribution in [3.63, 3.8) is 0 Å². The lowest BCUT2D eigenvalue weighted by molar-refractivity contribution is -0.253. The Morgan fingerprint density at radius 2 is 1.93 bits per heavy atom. The van der Waals surface area contributed by atoms with Crippen LogP contribution < -0.4 is 9.47 Å². The zero-order chi connectivity index (χ0) is 20.3. The number of hydrogen-bond donors (Lipinski definition) is 1. The fourth-order valence-corrected chi connectivity index (χ4v) is 2.76. The van der Waals surface area contributed by atoms with Crippen molar-refractivity contribution >= 4 is 12.2 Å². The summed E-state index contributed by atoms with van der Waals surface area (Å²) < 4.78 is 62.8. The van der Waals surface area contributed by atoms with E-state index in [-0.39, 0.29) is 10.6 Å². The van der Waals surface area contributed by atoms with Gasteiger partial charge in [-0.2, -0.15) is 22.7 Å². The van der Waals surface area contributed by atoms with E-state index in [2.05, 4.69) is 14.9 Å². The van der Waals surface area contributed by atoms with Gasteiger partial charge in [0.1, 0.15) is 11.5 Å². The highest BCUT2D eigenvalue weighted by molar-refractivity contribution is 7.71. The third-order valence-electron chi connectivity index (χ3n) is 3.68. The van der Waals surface area contributed by atoms with E-state index in [0.717, 1.165) is 6.07 Å². The van der Waals surface area contributed by atoms with Crippen molar-refractivity contribution in [3.05, 3.63) is 53.3 Å². The van der Waals surface area contributed by atoms with E-state index in [1.807, 2.05) is 6.92 Å². The summed E-state index contributed by atoms with van der Waals surface area (Å²) in [5, 5.41) is 6.78. The standard InChI is InChI=1S/C18H15F4N3O2S/c1-2-26-14-9-4-3-8-13(14)25-15(23-24-17(25)28)11-6-5-7-12(10-11)27-18(21,22)16(19)20/h3-10,16H,2H2,1H3,(H,24,28). The van der Waals surface area contributed by atoms with Gasteiger partial charge < -0.3 is 9.47 Å². The molecule has 0 fully saturated rings. The number of rotatable bonds is 7. The zero-order valence-electron chi connectivity index (χ0n) is 14.5. The highest BCUT2D eigenvalue weighted by Gasteiger charge is 2.44. The summed E-state index contributed by atoms with van der Waals surface area (Å²) in [6.45, 7) is 2.25. The van der Waals surface area contributed by atoms with E-state index in [1.165, 1.54) is 12.1 Å². The minimum Gasteiger partial charge on any atom is -0.492 e. The van der Waals surface area contributed by atoms with Crippen LogP contribution in [-0.4, -0.2) is 33.9 Å². The molecule has 0 saturated heterocycles. The van der Waals surface area contributed by atoms with Gasteiger partial charge >= 0.3 is 12.5 Å². The molecular formula is C18H15F4N3O2S. The van der Waals surface area contributed by atoms with Crippen LogP contribution in [-0.2, 0) is 0 Å². The number of H-pyrrole nitrogens is 1. The average molecular weight is 413 g/mol. The molecule has 3 aromatic rings. The molecule has 0 amide bonds. The molecule has 0 spiro atoms. The highest BCUT2D eigenvalue weighted by atomic mass is 32.1. The van der Waals surface area contributed by atoms with Crippen LogP contribution in [0.3, 0.4) is 0 Å². The van der Waals surface area contributed by atoms with Gasteiger partial charge in [0.25, 0.3) is 0 Å². The van der Waals surface area contributed by atoms with Gasteiger partial charge in [0.05, 0.1) is 12.3 Å². The Bertz CT molecular complexity index is 1020. The van der Waals surface area contributed by atoms with Crippen molar-refractivity contribution in [1.82, 2.24) is 14.8 Å². The first kappa shape index (κ1) is 19.9. The number of hydrogen-bond acceptors (Lipinski definition) is 4. The summed E-state index contributed by atoms with van der Waals surface area (Å²) in [4.78, 5) is 0. The van der Waals surface area contributed by atoms with Gasteiger partial charge in [-0.15, -0.1) is 0 Å². The van der Waals surface area contributed by atoms with Crippen LogP contribution >= 0.6 is 12.2 Å². The van der Waals surface area contributed by atoms with Gasteiger partial charge in [-0.1, -0.05) is 24.3 Å². The maximum absolute atomic E-state index is 13.2. The van der Waals surface area contributed by atoms with Crippen molar-refractivity contribution < 1.29 is 27.0 Å². The minimum absolute atomic E-state index is 0.242.